The van der Waals surface area contributed by atoms with Gasteiger partial charge in [0.1, 0.15) is 0 Å². The molecular weight excluding hydrogens is 192 g/mol. The third-order valence-corrected chi connectivity index (χ3v) is 2.48. The summed E-state index contributed by atoms with van der Waals surface area (Å²) in [4.78, 5) is 17.6. The van der Waals surface area contributed by atoms with Crippen molar-refractivity contribution in [2.45, 2.75) is 39.5 Å². The van der Waals surface area contributed by atoms with Gasteiger partial charge in [-0.1, -0.05) is 13.8 Å². The zero-order chi connectivity index (χ0) is 11.3. The number of carboxylic acids is 1. The number of carboxylic acid groups (broad SMARTS) is 1. The number of rotatable bonds is 6. The van der Waals surface area contributed by atoms with Crippen molar-refractivity contribution in [2.24, 2.45) is 5.41 Å². The van der Waals surface area contributed by atoms with Crippen LogP contribution in [0, 0.1) is 5.41 Å². The minimum Gasteiger partial charge on any atom is -0.481 e. The van der Waals surface area contributed by atoms with Crippen molar-refractivity contribution in [2.75, 3.05) is 0 Å². The first-order chi connectivity index (χ1) is 6.99. The van der Waals surface area contributed by atoms with Gasteiger partial charge < -0.3 is 10.1 Å². The predicted octanol–water partition coefficient (Wildman–Crippen LogP) is 2.23. The van der Waals surface area contributed by atoms with Gasteiger partial charge in [-0.25, -0.2) is 4.98 Å². The zero-order valence-corrected chi connectivity index (χ0v) is 9.29. The van der Waals surface area contributed by atoms with Crippen LogP contribution in [-0.2, 0) is 11.2 Å². The van der Waals surface area contributed by atoms with Gasteiger partial charge in [0.15, 0.2) is 0 Å². The Morgan fingerprint density at radius 3 is 2.87 bits per heavy atom. The number of aliphatic carboxylic acids is 1. The monoisotopic (exact) mass is 210 g/mol. The van der Waals surface area contributed by atoms with Crippen LogP contribution in [0.4, 0.5) is 0 Å². The number of nitrogens with zero attached hydrogens (tertiary/aromatic N) is 1. The van der Waals surface area contributed by atoms with Crippen molar-refractivity contribution < 1.29 is 9.90 Å². The average Bonchev–Trinajstić information content (AvgIpc) is 2.53. The highest BCUT2D eigenvalue weighted by Crippen LogP contribution is 2.27. The normalized spacial score (nSPS) is 11.6. The summed E-state index contributed by atoms with van der Waals surface area (Å²) in [7, 11) is 0. The molecule has 4 heteroatoms. The molecule has 1 aromatic rings. The van der Waals surface area contributed by atoms with E-state index in [2.05, 4.69) is 9.97 Å². The third-order valence-electron chi connectivity index (χ3n) is 2.48. The molecule has 0 aliphatic rings. The van der Waals surface area contributed by atoms with Crippen LogP contribution < -0.4 is 0 Å². The van der Waals surface area contributed by atoms with Gasteiger partial charge in [0.25, 0.3) is 0 Å². The minimum absolute atomic E-state index is 0.119. The van der Waals surface area contributed by atoms with Gasteiger partial charge in [-0.2, -0.15) is 0 Å². The Morgan fingerprint density at radius 2 is 2.33 bits per heavy atom. The number of aromatic amines is 1. The molecule has 84 valence electrons. The van der Waals surface area contributed by atoms with Crippen molar-refractivity contribution in [3.05, 3.63) is 18.2 Å². The number of carbonyl (C=O) groups is 1. The second-order valence-corrected chi connectivity index (χ2v) is 4.67. The zero-order valence-electron chi connectivity index (χ0n) is 9.29. The van der Waals surface area contributed by atoms with E-state index < -0.39 is 5.97 Å². The van der Waals surface area contributed by atoms with Gasteiger partial charge in [0, 0.05) is 11.9 Å². The molecule has 0 aromatic carbocycles. The molecule has 0 saturated heterocycles. The summed E-state index contributed by atoms with van der Waals surface area (Å²) in [6.45, 7) is 3.99. The molecule has 1 aromatic heterocycles. The second kappa shape index (κ2) is 4.96. The number of nitrogens with one attached hydrogen (secondary N) is 1. The number of aryl methyl sites for hydroxylation is 1. The predicted molar refractivity (Wildman–Crippen MR) is 57.6 cm³/mol. The van der Waals surface area contributed by atoms with Crippen molar-refractivity contribution >= 4 is 5.97 Å². The summed E-state index contributed by atoms with van der Waals surface area (Å²) in [5.41, 5.74) is 0.993. The maximum atomic E-state index is 10.6. The topological polar surface area (TPSA) is 66.0 Å². The summed E-state index contributed by atoms with van der Waals surface area (Å²) in [6, 6.07) is 0. The first-order valence-electron chi connectivity index (χ1n) is 5.19. The van der Waals surface area contributed by atoms with E-state index in [9.17, 15) is 4.79 Å². The van der Waals surface area contributed by atoms with Crippen LogP contribution in [0.2, 0.25) is 0 Å². The molecule has 0 amide bonds. The van der Waals surface area contributed by atoms with Crippen molar-refractivity contribution in [1.29, 1.82) is 0 Å². The Hall–Kier alpha value is -1.32. The van der Waals surface area contributed by atoms with Gasteiger partial charge in [-0.15, -0.1) is 0 Å². The number of H-pyrrole nitrogens is 1. The van der Waals surface area contributed by atoms with Gasteiger partial charge in [-0.3, -0.25) is 4.79 Å². The van der Waals surface area contributed by atoms with Crippen LogP contribution in [-0.4, -0.2) is 21.0 Å². The summed E-state index contributed by atoms with van der Waals surface area (Å²) in [5.74, 6) is -0.721. The van der Waals surface area contributed by atoms with E-state index >= 15 is 0 Å². The lowest BCUT2D eigenvalue weighted by molar-refractivity contribution is -0.139. The van der Waals surface area contributed by atoms with E-state index in [4.69, 9.17) is 5.11 Å². The van der Waals surface area contributed by atoms with Crippen LogP contribution in [0.25, 0.3) is 0 Å². The smallest absolute Gasteiger partial charge is 0.303 e. The van der Waals surface area contributed by atoms with Crippen LogP contribution in [0.3, 0.4) is 0 Å². The molecule has 0 atom stereocenters. The molecular formula is C11H18N2O2. The first-order valence-corrected chi connectivity index (χ1v) is 5.19. The molecule has 0 fully saturated rings. The maximum Gasteiger partial charge on any atom is 0.303 e. The first kappa shape index (κ1) is 11.8. The van der Waals surface area contributed by atoms with Crippen LogP contribution in [0.5, 0.6) is 0 Å². The van der Waals surface area contributed by atoms with Gasteiger partial charge in [-0.05, 0) is 24.7 Å². The molecule has 0 saturated carbocycles. The lowest BCUT2D eigenvalue weighted by atomic mass is 9.84. The van der Waals surface area contributed by atoms with E-state index in [0.717, 1.165) is 25.0 Å². The van der Waals surface area contributed by atoms with E-state index in [1.54, 1.807) is 6.33 Å². The highest BCUT2D eigenvalue weighted by molar-refractivity contribution is 5.67. The largest absolute Gasteiger partial charge is 0.481 e. The SMILES string of the molecule is CC(C)(CCCc1cnc[nH]1)CC(=O)O. The number of hydrogen-bond donors (Lipinski definition) is 2. The van der Waals surface area contributed by atoms with Crippen molar-refractivity contribution in [3.8, 4) is 0 Å². The molecule has 0 spiro atoms. The van der Waals surface area contributed by atoms with Gasteiger partial charge >= 0.3 is 5.97 Å². The van der Waals surface area contributed by atoms with E-state index in [1.165, 1.54) is 0 Å². The maximum absolute atomic E-state index is 10.6. The van der Waals surface area contributed by atoms with Crippen LogP contribution >= 0.6 is 0 Å². The quantitative estimate of drug-likeness (QED) is 0.756. The average molecular weight is 210 g/mol. The Balaban J connectivity index is 2.27. The molecule has 0 unspecified atom stereocenters. The molecule has 0 aliphatic heterocycles. The lowest BCUT2D eigenvalue weighted by Gasteiger charge is -2.21. The summed E-state index contributed by atoms with van der Waals surface area (Å²) < 4.78 is 0. The Morgan fingerprint density at radius 1 is 1.60 bits per heavy atom. The summed E-state index contributed by atoms with van der Waals surface area (Å²) in [6.07, 6.45) is 6.54. The number of hydrogen-bond acceptors (Lipinski definition) is 2. The Labute approximate surface area is 89.7 Å². The van der Waals surface area contributed by atoms with Crippen molar-refractivity contribution in [1.82, 2.24) is 9.97 Å². The number of imidazole rings is 1. The fraction of sp³-hybridized carbons (Fsp3) is 0.636. The Bertz CT molecular complexity index is 304. The molecule has 0 radical (unpaired) electrons. The standard InChI is InChI=1S/C11H18N2O2/c1-11(2,6-10(14)15)5-3-4-9-7-12-8-13-9/h7-8H,3-6H2,1-2H3,(H,12,13)(H,14,15). The Kier molecular flexibility index (Phi) is 3.88. The van der Waals surface area contributed by atoms with Gasteiger partial charge in [0.2, 0.25) is 0 Å². The van der Waals surface area contributed by atoms with E-state index in [-0.39, 0.29) is 11.8 Å². The van der Waals surface area contributed by atoms with Gasteiger partial charge in [0.05, 0.1) is 12.7 Å². The molecule has 0 aliphatic carbocycles. The summed E-state index contributed by atoms with van der Waals surface area (Å²) >= 11 is 0. The van der Waals surface area contributed by atoms with Crippen molar-refractivity contribution in [3.63, 3.8) is 0 Å². The minimum atomic E-state index is -0.721. The summed E-state index contributed by atoms with van der Waals surface area (Å²) in [5, 5.41) is 8.72. The fourth-order valence-corrected chi connectivity index (χ4v) is 1.68. The molecule has 15 heavy (non-hydrogen) atoms. The highest BCUT2D eigenvalue weighted by Gasteiger charge is 2.20. The third kappa shape index (κ3) is 4.63. The molecule has 0 bridgehead atoms. The van der Waals surface area contributed by atoms with E-state index in [0.29, 0.717) is 0 Å². The molecule has 4 nitrogen and oxygen atoms in total. The fourth-order valence-electron chi connectivity index (χ4n) is 1.68. The van der Waals surface area contributed by atoms with Crippen LogP contribution in [0.1, 0.15) is 38.8 Å². The molecule has 2 N–H and O–H groups in total. The second-order valence-electron chi connectivity index (χ2n) is 4.67. The number of aromatic nitrogens is 2. The lowest BCUT2D eigenvalue weighted by Crippen LogP contribution is -2.16. The molecule has 1 heterocycles. The molecule has 1 rings (SSSR count). The van der Waals surface area contributed by atoms with Crippen LogP contribution in [0.15, 0.2) is 12.5 Å². The highest BCUT2D eigenvalue weighted by atomic mass is 16.4. The van der Waals surface area contributed by atoms with E-state index in [1.807, 2.05) is 20.0 Å².